The predicted octanol–water partition coefficient (Wildman–Crippen LogP) is 4.68. The molecule has 1 fully saturated rings. The monoisotopic (exact) mass is 471 g/mol. The van der Waals surface area contributed by atoms with Crippen LogP contribution < -0.4 is 20.9 Å². The molecule has 0 bridgehead atoms. The second-order valence-electron chi connectivity index (χ2n) is 8.92. The Morgan fingerprint density at radius 3 is 2.09 bits per heavy atom. The largest absolute Gasteiger partial charge is 0.354 e. The van der Waals surface area contributed by atoms with E-state index in [0.717, 1.165) is 51.4 Å². The van der Waals surface area contributed by atoms with Crippen molar-refractivity contribution in [2.24, 2.45) is 0 Å². The van der Waals surface area contributed by atoms with Crippen molar-refractivity contribution in [1.82, 2.24) is 20.3 Å². The van der Waals surface area contributed by atoms with Gasteiger partial charge >= 0.3 is 0 Å². The lowest BCUT2D eigenvalue weighted by molar-refractivity contribution is 0.407. The minimum Gasteiger partial charge on any atom is -0.354 e. The van der Waals surface area contributed by atoms with Crippen LogP contribution in [-0.4, -0.2) is 53.7 Å². The summed E-state index contributed by atoms with van der Waals surface area (Å²) in [7, 11) is 0. The molecule has 0 aliphatic carbocycles. The van der Waals surface area contributed by atoms with E-state index in [1.54, 1.807) is 6.08 Å². The third-order valence-corrected chi connectivity index (χ3v) is 6.35. The predicted molar refractivity (Wildman–Crippen MR) is 145 cm³/mol. The highest BCUT2D eigenvalue weighted by Crippen LogP contribution is 2.25. The zero-order chi connectivity index (χ0) is 24.3. The van der Waals surface area contributed by atoms with Crippen LogP contribution in [0.2, 0.25) is 0 Å². The molecular weight excluding hydrogens is 434 g/mol. The molecule has 35 heavy (non-hydrogen) atoms. The van der Waals surface area contributed by atoms with Crippen molar-refractivity contribution in [1.29, 1.82) is 0 Å². The van der Waals surface area contributed by atoms with Gasteiger partial charge in [0, 0.05) is 44.7 Å². The topological polar surface area (TPSA) is 78.0 Å². The second-order valence-corrected chi connectivity index (χ2v) is 8.92. The smallest absolute Gasteiger partial charge is 0.231 e. The van der Waals surface area contributed by atoms with E-state index in [2.05, 4.69) is 110 Å². The van der Waals surface area contributed by atoms with Crippen molar-refractivity contribution in [3.8, 4) is 0 Å². The standard InChI is InChI=1S/C28H37N7/c1-3-17-29-26-32-27(30-18-4-2)34-28(33-26)35-19-15-24(16-20-35)31-21-25(22-11-7-5-8-12-22)23-13-9-6-10-14-23/h3,5-14,24-25,31H,1,4,15-21H2,2H3,(H2,29,30,32,33,34). The fourth-order valence-electron chi connectivity index (χ4n) is 4.43. The fourth-order valence-corrected chi connectivity index (χ4v) is 4.43. The summed E-state index contributed by atoms with van der Waals surface area (Å²) in [6.07, 6.45) is 4.92. The molecular formula is C28H37N7. The van der Waals surface area contributed by atoms with E-state index in [1.165, 1.54) is 11.1 Å². The van der Waals surface area contributed by atoms with E-state index in [-0.39, 0.29) is 0 Å². The molecule has 1 aromatic heterocycles. The van der Waals surface area contributed by atoms with Gasteiger partial charge in [-0.3, -0.25) is 0 Å². The Labute approximate surface area is 209 Å². The number of rotatable bonds is 12. The lowest BCUT2D eigenvalue weighted by Gasteiger charge is -2.33. The van der Waals surface area contributed by atoms with E-state index in [1.807, 2.05) is 0 Å². The first kappa shape index (κ1) is 24.7. The summed E-state index contributed by atoms with van der Waals surface area (Å²) in [5, 5.41) is 10.4. The first-order chi connectivity index (χ1) is 17.3. The highest BCUT2D eigenvalue weighted by Gasteiger charge is 2.23. The maximum absolute atomic E-state index is 4.69. The minimum absolute atomic E-state index is 0.338. The molecule has 1 aliphatic rings. The highest BCUT2D eigenvalue weighted by molar-refractivity contribution is 5.44. The van der Waals surface area contributed by atoms with Crippen molar-refractivity contribution in [3.05, 3.63) is 84.4 Å². The van der Waals surface area contributed by atoms with Gasteiger partial charge in [0.1, 0.15) is 0 Å². The fraction of sp³-hybridized carbons (Fsp3) is 0.393. The Hall–Kier alpha value is -3.45. The quantitative estimate of drug-likeness (QED) is 0.331. The molecule has 0 radical (unpaired) electrons. The van der Waals surface area contributed by atoms with E-state index in [9.17, 15) is 0 Å². The average molecular weight is 472 g/mol. The normalized spacial score (nSPS) is 14.2. The molecule has 2 aromatic carbocycles. The van der Waals surface area contributed by atoms with Crippen molar-refractivity contribution >= 4 is 17.8 Å². The molecule has 3 aromatic rings. The van der Waals surface area contributed by atoms with Crippen molar-refractivity contribution in [3.63, 3.8) is 0 Å². The van der Waals surface area contributed by atoms with Crippen molar-refractivity contribution in [2.45, 2.75) is 38.1 Å². The molecule has 7 heteroatoms. The van der Waals surface area contributed by atoms with E-state index >= 15 is 0 Å². The molecule has 0 amide bonds. The van der Waals surface area contributed by atoms with Gasteiger partial charge in [-0.2, -0.15) is 15.0 Å². The van der Waals surface area contributed by atoms with Crippen LogP contribution >= 0.6 is 0 Å². The van der Waals surface area contributed by atoms with Gasteiger partial charge in [-0.05, 0) is 30.4 Å². The summed E-state index contributed by atoms with van der Waals surface area (Å²) in [5.74, 6) is 2.28. The SMILES string of the molecule is C=CCNc1nc(NCCC)nc(N2CCC(NCC(c3ccccc3)c3ccccc3)CC2)n1. The molecule has 0 spiro atoms. The first-order valence-corrected chi connectivity index (χ1v) is 12.7. The Balaban J connectivity index is 1.38. The number of nitrogens with zero attached hydrogens (tertiary/aromatic N) is 4. The number of hydrogen-bond acceptors (Lipinski definition) is 7. The Morgan fingerprint density at radius 2 is 1.51 bits per heavy atom. The Bertz CT molecular complexity index is 994. The van der Waals surface area contributed by atoms with Gasteiger partial charge in [-0.25, -0.2) is 0 Å². The highest BCUT2D eigenvalue weighted by atomic mass is 15.3. The van der Waals surface area contributed by atoms with Crippen LogP contribution in [0, 0.1) is 0 Å². The number of hydrogen-bond donors (Lipinski definition) is 3. The zero-order valence-corrected chi connectivity index (χ0v) is 20.7. The molecule has 7 nitrogen and oxygen atoms in total. The Morgan fingerprint density at radius 1 is 0.914 bits per heavy atom. The number of piperidine rings is 1. The van der Waals surface area contributed by atoms with Gasteiger partial charge in [0.05, 0.1) is 0 Å². The molecule has 184 valence electrons. The summed E-state index contributed by atoms with van der Waals surface area (Å²) < 4.78 is 0. The zero-order valence-electron chi connectivity index (χ0n) is 20.7. The van der Waals surface area contributed by atoms with Gasteiger partial charge in [0.2, 0.25) is 17.8 Å². The van der Waals surface area contributed by atoms with Crippen LogP contribution in [0.1, 0.15) is 43.2 Å². The number of aromatic nitrogens is 3. The van der Waals surface area contributed by atoms with E-state index in [0.29, 0.717) is 30.4 Å². The molecule has 2 heterocycles. The second kappa shape index (κ2) is 12.9. The number of benzene rings is 2. The van der Waals surface area contributed by atoms with E-state index < -0.39 is 0 Å². The molecule has 1 aliphatic heterocycles. The third-order valence-electron chi connectivity index (χ3n) is 6.35. The van der Waals surface area contributed by atoms with Gasteiger partial charge < -0.3 is 20.9 Å². The van der Waals surface area contributed by atoms with Crippen LogP contribution in [0.4, 0.5) is 17.8 Å². The molecule has 3 N–H and O–H groups in total. The van der Waals surface area contributed by atoms with Gasteiger partial charge in [-0.1, -0.05) is 73.7 Å². The molecule has 0 unspecified atom stereocenters. The lowest BCUT2D eigenvalue weighted by Crippen LogP contribution is -2.44. The van der Waals surface area contributed by atoms with Crippen LogP contribution in [0.15, 0.2) is 73.3 Å². The van der Waals surface area contributed by atoms with Crippen LogP contribution in [-0.2, 0) is 0 Å². The molecule has 0 atom stereocenters. The minimum atomic E-state index is 0.338. The average Bonchev–Trinajstić information content (AvgIpc) is 2.92. The van der Waals surface area contributed by atoms with Gasteiger partial charge in [0.15, 0.2) is 0 Å². The Kier molecular flexibility index (Phi) is 9.06. The molecule has 1 saturated heterocycles. The van der Waals surface area contributed by atoms with Crippen molar-refractivity contribution < 1.29 is 0 Å². The summed E-state index contributed by atoms with van der Waals surface area (Å²) in [4.78, 5) is 16.1. The van der Waals surface area contributed by atoms with E-state index in [4.69, 9.17) is 0 Å². The van der Waals surface area contributed by atoms with Crippen molar-refractivity contribution in [2.75, 3.05) is 48.3 Å². The first-order valence-electron chi connectivity index (χ1n) is 12.7. The summed E-state index contributed by atoms with van der Waals surface area (Å²) in [6, 6.07) is 22.0. The summed E-state index contributed by atoms with van der Waals surface area (Å²) in [5.41, 5.74) is 2.70. The lowest BCUT2D eigenvalue weighted by atomic mass is 9.90. The van der Waals surface area contributed by atoms with Crippen LogP contribution in [0.5, 0.6) is 0 Å². The van der Waals surface area contributed by atoms with Crippen LogP contribution in [0.25, 0.3) is 0 Å². The maximum Gasteiger partial charge on any atom is 0.231 e. The van der Waals surface area contributed by atoms with Gasteiger partial charge in [-0.15, -0.1) is 6.58 Å². The third kappa shape index (κ3) is 7.02. The molecule has 4 rings (SSSR count). The van der Waals surface area contributed by atoms with Crippen LogP contribution in [0.3, 0.4) is 0 Å². The molecule has 0 saturated carbocycles. The maximum atomic E-state index is 4.69. The summed E-state index contributed by atoms with van der Waals surface area (Å²) in [6.45, 7) is 10.1. The summed E-state index contributed by atoms with van der Waals surface area (Å²) >= 11 is 0. The number of nitrogens with one attached hydrogen (secondary N) is 3. The van der Waals surface area contributed by atoms with Gasteiger partial charge in [0.25, 0.3) is 0 Å². The number of anilines is 3.